The van der Waals surface area contributed by atoms with Crippen LogP contribution in [0.4, 0.5) is 0 Å². The molecule has 1 unspecified atom stereocenters. The van der Waals surface area contributed by atoms with Gasteiger partial charge in [-0.05, 0) is 36.1 Å². The normalized spacial score (nSPS) is 19.0. The van der Waals surface area contributed by atoms with Crippen LogP contribution in [-0.4, -0.2) is 41.9 Å². The second kappa shape index (κ2) is 7.51. The van der Waals surface area contributed by atoms with E-state index in [1.807, 2.05) is 21.6 Å². The van der Waals surface area contributed by atoms with E-state index in [1.54, 1.807) is 12.4 Å². The third kappa shape index (κ3) is 2.95. The number of rotatable bonds is 3. The minimum Gasteiger partial charge on any atom is -0.332 e. The highest BCUT2D eigenvalue weighted by Crippen LogP contribution is 2.43. The summed E-state index contributed by atoms with van der Waals surface area (Å²) >= 11 is 6.48. The molecule has 7 rings (SSSR count). The highest BCUT2D eigenvalue weighted by atomic mass is 35.5. The van der Waals surface area contributed by atoms with Crippen molar-refractivity contribution in [1.29, 1.82) is 0 Å². The maximum atomic E-state index is 13.4. The average molecular weight is 473 g/mol. The van der Waals surface area contributed by atoms with E-state index < -0.39 is 0 Å². The van der Waals surface area contributed by atoms with Crippen LogP contribution in [0.2, 0.25) is 5.02 Å². The number of nitrogens with zero attached hydrogens (tertiary/aromatic N) is 6. The Kier molecular flexibility index (Phi) is 4.40. The van der Waals surface area contributed by atoms with E-state index in [0.717, 1.165) is 37.3 Å². The van der Waals surface area contributed by atoms with Gasteiger partial charge in [0.15, 0.2) is 11.5 Å². The van der Waals surface area contributed by atoms with Crippen molar-refractivity contribution in [3.8, 4) is 17.3 Å². The standard InChI is InChI=1S/C25H21ClN6O2/c26-17-7-3-8-18-21(17)25(33)31-10-4-9-19(31)23-22(27-14-32(18)23)24-28-20(29-34-24)13-30-11-15-5-1-2-6-16(15)12-30/h1-3,5-8,14,19H,4,9-13H2. The van der Waals surface area contributed by atoms with Gasteiger partial charge in [0.1, 0.15) is 6.33 Å². The van der Waals surface area contributed by atoms with Gasteiger partial charge in [-0.3, -0.25) is 14.3 Å². The average Bonchev–Trinajstić information content (AvgIpc) is 3.62. The van der Waals surface area contributed by atoms with Crippen LogP contribution in [0.25, 0.3) is 17.3 Å². The number of benzene rings is 2. The first-order valence-electron chi connectivity index (χ1n) is 11.5. The summed E-state index contributed by atoms with van der Waals surface area (Å²) in [6.45, 7) is 3.03. The number of fused-ring (bicyclic) bond motifs is 6. The number of amides is 1. The van der Waals surface area contributed by atoms with Crippen molar-refractivity contribution < 1.29 is 9.32 Å². The van der Waals surface area contributed by atoms with E-state index in [0.29, 0.717) is 41.1 Å². The number of carbonyl (C=O) groups excluding carboxylic acids is 1. The van der Waals surface area contributed by atoms with Crippen molar-refractivity contribution in [1.82, 2.24) is 29.5 Å². The molecule has 4 aromatic rings. The molecule has 0 N–H and O–H groups in total. The lowest BCUT2D eigenvalue weighted by atomic mass is 10.1. The van der Waals surface area contributed by atoms with Gasteiger partial charge >= 0.3 is 0 Å². The molecule has 2 aromatic carbocycles. The molecule has 1 amide bonds. The summed E-state index contributed by atoms with van der Waals surface area (Å²) in [6.07, 6.45) is 3.50. The Hall–Kier alpha value is -3.49. The van der Waals surface area contributed by atoms with Gasteiger partial charge < -0.3 is 9.42 Å². The molecule has 8 nitrogen and oxygen atoms in total. The minimum absolute atomic E-state index is 0.0439. The van der Waals surface area contributed by atoms with E-state index in [4.69, 9.17) is 21.1 Å². The Balaban J connectivity index is 1.26. The lowest BCUT2D eigenvalue weighted by molar-refractivity contribution is 0.0739. The summed E-state index contributed by atoms with van der Waals surface area (Å²) in [5.41, 5.74) is 5.45. The number of hydrogen-bond donors (Lipinski definition) is 0. The minimum atomic E-state index is -0.114. The molecule has 1 fully saturated rings. The second-order valence-corrected chi connectivity index (χ2v) is 9.48. The Morgan fingerprint density at radius 3 is 2.74 bits per heavy atom. The van der Waals surface area contributed by atoms with Crippen molar-refractivity contribution in [2.45, 2.75) is 38.5 Å². The Morgan fingerprint density at radius 1 is 1.09 bits per heavy atom. The molecule has 1 saturated heterocycles. The zero-order valence-electron chi connectivity index (χ0n) is 18.3. The maximum absolute atomic E-state index is 13.4. The molecule has 170 valence electrons. The third-order valence-electron chi connectivity index (χ3n) is 7.04. The summed E-state index contributed by atoms with van der Waals surface area (Å²) in [4.78, 5) is 27.0. The van der Waals surface area contributed by atoms with Crippen LogP contribution in [0.1, 0.15) is 51.9 Å². The van der Waals surface area contributed by atoms with Crippen molar-refractivity contribution in [3.05, 3.63) is 82.0 Å². The Bertz CT molecular complexity index is 1420. The van der Waals surface area contributed by atoms with Crippen molar-refractivity contribution in [2.75, 3.05) is 6.54 Å². The topological polar surface area (TPSA) is 80.3 Å². The molecule has 0 saturated carbocycles. The monoisotopic (exact) mass is 472 g/mol. The number of aromatic nitrogens is 4. The van der Waals surface area contributed by atoms with Crippen LogP contribution in [0.5, 0.6) is 0 Å². The second-order valence-electron chi connectivity index (χ2n) is 9.07. The first kappa shape index (κ1) is 19.9. The fourth-order valence-corrected chi connectivity index (χ4v) is 5.78. The molecule has 0 spiro atoms. The molecule has 9 heteroatoms. The first-order valence-corrected chi connectivity index (χ1v) is 11.8. The highest BCUT2D eigenvalue weighted by Gasteiger charge is 2.40. The zero-order valence-corrected chi connectivity index (χ0v) is 19.1. The lowest BCUT2D eigenvalue weighted by Gasteiger charge is -2.22. The molecular weight excluding hydrogens is 452 g/mol. The summed E-state index contributed by atoms with van der Waals surface area (Å²) in [6, 6.07) is 13.9. The molecule has 0 radical (unpaired) electrons. The van der Waals surface area contributed by atoms with E-state index in [9.17, 15) is 4.79 Å². The van der Waals surface area contributed by atoms with Gasteiger partial charge in [0.05, 0.1) is 34.6 Å². The predicted octanol–water partition coefficient (Wildman–Crippen LogP) is 4.38. The smallest absolute Gasteiger partial charge is 0.278 e. The van der Waals surface area contributed by atoms with Crippen LogP contribution in [0.3, 0.4) is 0 Å². The van der Waals surface area contributed by atoms with Crippen molar-refractivity contribution in [2.24, 2.45) is 0 Å². The van der Waals surface area contributed by atoms with Crippen LogP contribution >= 0.6 is 11.6 Å². The van der Waals surface area contributed by atoms with E-state index in [2.05, 4.69) is 39.3 Å². The summed E-state index contributed by atoms with van der Waals surface area (Å²) in [7, 11) is 0. The molecule has 1 atom stereocenters. The molecule has 0 aliphatic carbocycles. The Labute approximate surface area is 200 Å². The van der Waals surface area contributed by atoms with Crippen molar-refractivity contribution >= 4 is 17.5 Å². The van der Waals surface area contributed by atoms with Gasteiger partial charge in [0, 0.05) is 19.6 Å². The molecule has 0 bridgehead atoms. The molecular formula is C25H21ClN6O2. The first-order chi connectivity index (χ1) is 16.7. The summed E-state index contributed by atoms with van der Waals surface area (Å²) < 4.78 is 7.66. The lowest BCUT2D eigenvalue weighted by Crippen LogP contribution is -2.29. The summed E-state index contributed by atoms with van der Waals surface area (Å²) in [5, 5.41) is 4.70. The summed E-state index contributed by atoms with van der Waals surface area (Å²) in [5.74, 6) is 0.962. The molecule has 3 aliphatic rings. The maximum Gasteiger partial charge on any atom is 0.278 e. The van der Waals surface area contributed by atoms with Crippen molar-refractivity contribution in [3.63, 3.8) is 0 Å². The highest BCUT2D eigenvalue weighted by molar-refractivity contribution is 6.34. The number of hydrogen-bond acceptors (Lipinski definition) is 6. The largest absolute Gasteiger partial charge is 0.332 e. The number of imidazole rings is 1. The number of carbonyl (C=O) groups is 1. The van der Waals surface area contributed by atoms with Crippen LogP contribution in [-0.2, 0) is 19.6 Å². The fourth-order valence-electron chi connectivity index (χ4n) is 5.53. The third-order valence-corrected chi connectivity index (χ3v) is 7.36. The van der Waals surface area contributed by atoms with Gasteiger partial charge in [-0.1, -0.05) is 47.1 Å². The van der Waals surface area contributed by atoms with Gasteiger partial charge in [-0.25, -0.2) is 4.98 Å². The fraction of sp³-hybridized carbons (Fsp3) is 0.280. The zero-order chi connectivity index (χ0) is 22.8. The molecule has 5 heterocycles. The molecule has 3 aliphatic heterocycles. The van der Waals surface area contributed by atoms with Crippen LogP contribution in [0.15, 0.2) is 53.3 Å². The van der Waals surface area contributed by atoms with Gasteiger partial charge in [0.25, 0.3) is 11.8 Å². The van der Waals surface area contributed by atoms with Crippen LogP contribution in [0, 0.1) is 0 Å². The Morgan fingerprint density at radius 2 is 1.91 bits per heavy atom. The van der Waals surface area contributed by atoms with Gasteiger partial charge in [-0.2, -0.15) is 4.98 Å². The van der Waals surface area contributed by atoms with Gasteiger partial charge in [0.2, 0.25) is 0 Å². The molecule has 2 aromatic heterocycles. The van der Waals surface area contributed by atoms with E-state index >= 15 is 0 Å². The quantitative estimate of drug-likeness (QED) is 0.440. The molecule has 34 heavy (non-hydrogen) atoms. The number of halogens is 1. The van der Waals surface area contributed by atoms with Crippen LogP contribution < -0.4 is 0 Å². The SMILES string of the molecule is O=C1c2c(Cl)cccc2-n2cnc(-c3nc(CN4Cc5ccccc5C4)no3)c2C2CCCN12. The predicted molar refractivity (Wildman–Crippen MR) is 124 cm³/mol. The van der Waals surface area contributed by atoms with E-state index in [1.165, 1.54) is 11.1 Å². The van der Waals surface area contributed by atoms with Gasteiger partial charge in [-0.15, -0.1) is 0 Å². The van der Waals surface area contributed by atoms with E-state index in [-0.39, 0.29) is 11.9 Å².